The first-order chi connectivity index (χ1) is 8.39. The van der Waals surface area contributed by atoms with Crippen molar-refractivity contribution in [2.24, 2.45) is 0 Å². The summed E-state index contributed by atoms with van der Waals surface area (Å²) in [5.41, 5.74) is -3.71. The summed E-state index contributed by atoms with van der Waals surface area (Å²) in [6.45, 7) is 4.63. The quantitative estimate of drug-likeness (QED) is 0.765. The Labute approximate surface area is 102 Å². The molecule has 1 aromatic rings. The molecular weight excluding hydrogens is 243 g/mol. The minimum atomic E-state index is -2.24. The Hall–Kier alpha value is -1.47. The van der Waals surface area contributed by atoms with E-state index in [4.69, 9.17) is 4.74 Å². The van der Waals surface area contributed by atoms with E-state index >= 15 is 0 Å². The first-order valence-electron chi connectivity index (χ1n) is 5.51. The lowest BCUT2D eigenvalue weighted by Gasteiger charge is -2.24. The lowest BCUT2D eigenvalue weighted by atomic mass is 9.97. The van der Waals surface area contributed by atoms with Gasteiger partial charge in [0.05, 0.1) is 6.10 Å². The predicted molar refractivity (Wildman–Crippen MR) is 60.7 cm³/mol. The molecular formula is C11H14FN2O4. The Balaban J connectivity index is 2.52. The summed E-state index contributed by atoms with van der Waals surface area (Å²) in [5, 5.41) is 9.76. The highest BCUT2D eigenvalue weighted by atomic mass is 19.1. The topological polar surface area (TPSA) is 84.3 Å². The first kappa shape index (κ1) is 13.0. The Kier molecular flexibility index (Phi) is 3.12. The van der Waals surface area contributed by atoms with Gasteiger partial charge in [-0.1, -0.05) is 6.92 Å². The van der Waals surface area contributed by atoms with Crippen molar-refractivity contribution in [1.29, 1.82) is 0 Å². The van der Waals surface area contributed by atoms with E-state index in [9.17, 15) is 19.1 Å². The van der Waals surface area contributed by atoms with Gasteiger partial charge in [0.1, 0.15) is 6.10 Å². The third-order valence-corrected chi connectivity index (χ3v) is 3.13. The number of alkyl halides is 1. The van der Waals surface area contributed by atoms with Crippen molar-refractivity contribution in [2.75, 3.05) is 0 Å². The number of hydrogen-bond donors (Lipinski definition) is 2. The molecule has 2 heterocycles. The standard InChI is InChI=1S/C11H14FN2O4/c1-3-6-8(16)11(2,12)9(18-6)14-7(15)4-5-13-10(14)17/h4-6,8-9,16H,1,3H2,2H3,(H,13,17)/t6-,8-,9-,11-/m1/s1. The van der Waals surface area contributed by atoms with Gasteiger partial charge < -0.3 is 14.8 Å². The molecule has 7 heteroatoms. The number of aromatic nitrogens is 2. The maximum absolute atomic E-state index is 14.4. The van der Waals surface area contributed by atoms with Crippen LogP contribution in [0.25, 0.3) is 0 Å². The monoisotopic (exact) mass is 257 g/mol. The summed E-state index contributed by atoms with van der Waals surface area (Å²) in [5.74, 6) is 0. The van der Waals surface area contributed by atoms with Crippen molar-refractivity contribution in [3.63, 3.8) is 0 Å². The zero-order chi connectivity index (χ0) is 13.5. The predicted octanol–water partition coefficient (Wildman–Crippen LogP) is -0.253. The number of aliphatic hydroxyl groups is 1. The summed E-state index contributed by atoms with van der Waals surface area (Å²) in [6, 6.07) is 1.09. The lowest BCUT2D eigenvalue weighted by molar-refractivity contribution is -0.0519. The van der Waals surface area contributed by atoms with E-state index in [1.54, 1.807) is 0 Å². The van der Waals surface area contributed by atoms with Crippen LogP contribution >= 0.6 is 0 Å². The van der Waals surface area contributed by atoms with Crippen molar-refractivity contribution in [2.45, 2.75) is 37.4 Å². The van der Waals surface area contributed by atoms with Gasteiger partial charge in [-0.05, 0) is 13.3 Å². The SMILES string of the molecule is [CH2]C[C@H]1O[C@@H](n2c(=O)cc[nH]c2=O)[C@](C)(F)[C@@H]1O. The molecule has 18 heavy (non-hydrogen) atoms. The third kappa shape index (κ3) is 1.79. The van der Waals surface area contributed by atoms with E-state index in [0.29, 0.717) is 4.57 Å². The van der Waals surface area contributed by atoms with E-state index in [1.165, 1.54) is 6.20 Å². The molecule has 2 rings (SSSR count). The highest BCUT2D eigenvalue weighted by Crippen LogP contribution is 2.40. The van der Waals surface area contributed by atoms with Crippen LogP contribution in [0, 0.1) is 6.92 Å². The van der Waals surface area contributed by atoms with Gasteiger partial charge >= 0.3 is 5.69 Å². The van der Waals surface area contributed by atoms with Crippen molar-refractivity contribution in [3.05, 3.63) is 40.0 Å². The molecule has 4 atom stereocenters. The van der Waals surface area contributed by atoms with Gasteiger partial charge in [0.2, 0.25) is 0 Å². The number of aliphatic hydroxyl groups excluding tert-OH is 1. The summed E-state index contributed by atoms with van der Waals surface area (Å²) < 4.78 is 20.3. The van der Waals surface area contributed by atoms with Crippen LogP contribution in [0.1, 0.15) is 19.6 Å². The molecule has 1 fully saturated rings. The number of nitrogens with one attached hydrogen (secondary N) is 1. The largest absolute Gasteiger partial charge is 0.387 e. The highest BCUT2D eigenvalue weighted by Gasteiger charge is 2.55. The average molecular weight is 257 g/mol. The van der Waals surface area contributed by atoms with E-state index < -0.39 is 35.4 Å². The Bertz CT molecular complexity index is 522. The van der Waals surface area contributed by atoms with Gasteiger partial charge in [-0.25, -0.2) is 13.8 Å². The van der Waals surface area contributed by atoms with Gasteiger partial charge in [-0.3, -0.25) is 4.79 Å². The molecule has 1 aromatic heterocycles. The zero-order valence-corrected chi connectivity index (χ0v) is 9.80. The minimum Gasteiger partial charge on any atom is -0.387 e. The molecule has 99 valence electrons. The van der Waals surface area contributed by atoms with E-state index in [0.717, 1.165) is 13.0 Å². The molecule has 2 N–H and O–H groups in total. The Morgan fingerprint density at radius 2 is 2.33 bits per heavy atom. The summed E-state index contributed by atoms with van der Waals surface area (Å²) in [7, 11) is 0. The molecule has 0 unspecified atom stereocenters. The smallest absolute Gasteiger partial charge is 0.330 e. The van der Waals surface area contributed by atoms with Crippen molar-refractivity contribution in [1.82, 2.24) is 9.55 Å². The zero-order valence-electron chi connectivity index (χ0n) is 9.80. The molecule has 0 saturated carbocycles. The summed E-state index contributed by atoms with van der Waals surface area (Å²) in [6.07, 6.45) is -2.45. The lowest BCUT2D eigenvalue weighted by Crippen LogP contribution is -2.46. The number of ether oxygens (including phenoxy) is 1. The molecule has 0 bridgehead atoms. The van der Waals surface area contributed by atoms with Crippen molar-refractivity contribution < 1.29 is 14.2 Å². The van der Waals surface area contributed by atoms with Gasteiger partial charge in [-0.15, -0.1) is 0 Å². The normalized spacial score (nSPS) is 35.9. The average Bonchev–Trinajstić information content (AvgIpc) is 2.52. The van der Waals surface area contributed by atoms with Crippen LogP contribution in [0.5, 0.6) is 0 Å². The van der Waals surface area contributed by atoms with Crippen LogP contribution in [-0.2, 0) is 4.74 Å². The number of rotatable bonds is 2. The van der Waals surface area contributed by atoms with Crippen LogP contribution < -0.4 is 11.2 Å². The van der Waals surface area contributed by atoms with Crippen molar-refractivity contribution >= 4 is 0 Å². The molecule has 0 aliphatic carbocycles. The van der Waals surface area contributed by atoms with Crippen LogP contribution in [0.3, 0.4) is 0 Å². The number of aromatic amines is 1. The van der Waals surface area contributed by atoms with Crippen LogP contribution in [0.15, 0.2) is 21.9 Å². The van der Waals surface area contributed by atoms with E-state index in [1.807, 2.05) is 0 Å². The van der Waals surface area contributed by atoms with Crippen LogP contribution in [0.2, 0.25) is 0 Å². The molecule has 1 aliphatic rings. The van der Waals surface area contributed by atoms with Gasteiger partial charge in [0.15, 0.2) is 11.9 Å². The number of halogens is 1. The van der Waals surface area contributed by atoms with E-state index in [-0.39, 0.29) is 6.42 Å². The molecule has 1 saturated heterocycles. The second-order valence-electron chi connectivity index (χ2n) is 4.40. The van der Waals surface area contributed by atoms with Crippen molar-refractivity contribution in [3.8, 4) is 0 Å². The maximum Gasteiger partial charge on any atom is 0.330 e. The maximum atomic E-state index is 14.4. The fraction of sp³-hybridized carbons (Fsp3) is 0.545. The minimum absolute atomic E-state index is 0.136. The molecule has 6 nitrogen and oxygen atoms in total. The first-order valence-corrected chi connectivity index (χ1v) is 5.51. The second kappa shape index (κ2) is 4.33. The summed E-state index contributed by atoms with van der Waals surface area (Å²) in [4.78, 5) is 25.5. The molecule has 0 aromatic carbocycles. The number of hydrogen-bond acceptors (Lipinski definition) is 4. The molecule has 1 aliphatic heterocycles. The number of nitrogens with zero attached hydrogens (tertiary/aromatic N) is 1. The molecule has 1 radical (unpaired) electrons. The van der Waals surface area contributed by atoms with Crippen LogP contribution in [0.4, 0.5) is 4.39 Å². The van der Waals surface area contributed by atoms with Gasteiger partial charge in [-0.2, -0.15) is 0 Å². The Morgan fingerprint density at radius 3 is 2.83 bits per heavy atom. The fourth-order valence-corrected chi connectivity index (χ4v) is 2.08. The highest BCUT2D eigenvalue weighted by molar-refractivity contribution is 5.01. The van der Waals surface area contributed by atoms with E-state index in [2.05, 4.69) is 11.9 Å². The number of H-pyrrole nitrogens is 1. The van der Waals surface area contributed by atoms with Crippen LogP contribution in [-0.4, -0.2) is 32.5 Å². The molecule has 0 amide bonds. The molecule has 0 spiro atoms. The van der Waals surface area contributed by atoms with Gasteiger partial charge in [0, 0.05) is 12.3 Å². The fourth-order valence-electron chi connectivity index (χ4n) is 2.08. The summed E-state index contributed by atoms with van der Waals surface area (Å²) >= 11 is 0. The Morgan fingerprint density at radius 1 is 1.67 bits per heavy atom. The second-order valence-corrected chi connectivity index (χ2v) is 4.40. The van der Waals surface area contributed by atoms with Gasteiger partial charge in [0.25, 0.3) is 5.56 Å². The third-order valence-electron chi connectivity index (χ3n) is 3.13.